The van der Waals surface area contributed by atoms with Gasteiger partial charge in [0.05, 0.1) is 32.3 Å². The Morgan fingerprint density at radius 1 is 1.32 bits per heavy atom. The summed E-state index contributed by atoms with van der Waals surface area (Å²) in [6.45, 7) is 4.12. The molecule has 0 spiro atoms. The van der Waals surface area contributed by atoms with Gasteiger partial charge in [-0.05, 0) is 31.4 Å². The third-order valence-electron chi connectivity index (χ3n) is 5.16. The first-order valence-corrected chi connectivity index (χ1v) is 9.66. The van der Waals surface area contributed by atoms with Crippen molar-refractivity contribution in [3.8, 4) is 11.5 Å². The van der Waals surface area contributed by atoms with E-state index >= 15 is 0 Å². The molecule has 0 radical (unpaired) electrons. The Morgan fingerprint density at radius 3 is 2.96 bits per heavy atom. The monoisotopic (exact) mass is 383 g/mol. The molecule has 0 saturated carbocycles. The number of carbonyl (C=O) groups excluding carboxylic acids is 1. The predicted octanol–water partition coefficient (Wildman–Crippen LogP) is 2.46. The van der Waals surface area contributed by atoms with Gasteiger partial charge in [0.25, 0.3) is 0 Å². The lowest BCUT2D eigenvalue weighted by atomic mass is 10.1. The van der Waals surface area contributed by atoms with Gasteiger partial charge in [-0.2, -0.15) is 0 Å². The molecular weight excluding hydrogens is 358 g/mol. The number of imidazole rings is 1. The molecule has 8 nitrogen and oxygen atoms in total. The molecule has 1 saturated heterocycles. The van der Waals surface area contributed by atoms with Crippen molar-refractivity contribution in [2.24, 2.45) is 4.99 Å². The zero-order valence-corrected chi connectivity index (χ0v) is 16.2. The number of aromatic nitrogens is 2. The number of amides is 1. The highest BCUT2D eigenvalue weighted by atomic mass is 16.5. The molecule has 1 aromatic heterocycles. The van der Waals surface area contributed by atoms with E-state index < -0.39 is 0 Å². The Kier molecular flexibility index (Phi) is 5.18. The van der Waals surface area contributed by atoms with Crippen LogP contribution in [0.5, 0.6) is 11.5 Å². The maximum absolute atomic E-state index is 12.1. The van der Waals surface area contributed by atoms with Crippen molar-refractivity contribution in [1.82, 2.24) is 19.8 Å². The number of fused-ring (bicyclic) bond motifs is 2. The molecule has 2 aliphatic heterocycles. The van der Waals surface area contributed by atoms with E-state index in [1.807, 2.05) is 36.5 Å². The van der Waals surface area contributed by atoms with E-state index in [0.29, 0.717) is 30.6 Å². The number of nitrogens with zero attached hydrogens (tertiary/aromatic N) is 4. The molecule has 2 aliphatic rings. The van der Waals surface area contributed by atoms with E-state index in [4.69, 9.17) is 9.47 Å². The summed E-state index contributed by atoms with van der Waals surface area (Å²) in [5.74, 6) is 2.04. The SMILES string of the molecule is CCC1C(=O)NC2=Nc3ccc(OCCCCn4ccnc4)c(OC)c3CN21. The summed E-state index contributed by atoms with van der Waals surface area (Å²) in [4.78, 5) is 22.8. The fraction of sp³-hybridized carbons (Fsp3) is 0.450. The van der Waals surface area contributed by atoms with Crippen molar-refractivity contribution in [3.05, 3.63) is 36.4 Å². The van der Waals surface area contributed by atoms with Gasteiger partial charge in [0.2, 0.25) is 11.9 Å². The lowest BCUT2D eigenvalue weighted by Crippen LogP contribution is -2.36. The molecule has 1 aromatic carbocycles. The summed E-state index contributed by atoms with van der Waals surface area (Å²) in [5, 5.41) is 2.87. The second-order valence-corrected chi connectivity index (χ2v) is 6.93. The van der Waals surface area contributed by atoms with Crippen LogP contribution in [0, 0.1) is 0 Å². The van der Waals surface area contributed by atoms with Gasteiger partial charge in [-0.25, -0.2) is 9.98 Å². The smallest absolute Gasteiger partial charge is 0.249 e. The largest absolute Gasteiger partial charge is 0.492 e. The van der Waals surface area contributed by atoms with Gasteiger partial charge in [0.1, 0.15) is 6.04 Å². The van der Waals surface area contributed by atoms with E-state index in [1.165, 1.54) is 0 Å². The number of methoxy groups -OCH3 is 1. The molecule has 148 valence electrons. The van der Waals surface area contributed by atoms with Crippen molar-refractivity contribution in [1.29, 1.82) is 0 Å². The molecule has 0 aliphatic carbocycles. The van der Waals surface area contributed by atoms with Crippen molar-refractivity contribution in [2.45, 2.75) is 45.3 Å². The Morgan fingerprint density at radius 2 is 2.21 bits per heavy atom. The van der Waals surface area contributed by atoms with Crippen molar-refractivity contribution < 1.29 is 14.3 Å². The maximum Gasteiger partial charge on any atom is 0.249 e. The number of hydrogen-bond acceptors (Lipinski definition) is 6. The number of nitrogens with one attached hydrogen (secondary N) is 1. The number of carbonyl (C=O) groups is 1. The first-order chi connectivity index (χ1) is 13.7. The van der Waals surface area contributed by atoms with Gasteiger partial charge < -0.3 is 18.9 Å². The molecule has 28 heavy (non-hydrogen) atoms. The summed E-state index contributed by atoms with van der Waals surface area (Å²) in [7, 11) is 1.64. The predicted molar refractivity (Wildman–Crippen MR) is 105 cm³/mol. The van der Waals surface area contributed by atoms with Gasteiger partial charge in [-0.1, -0.05) is 6.92 Å². The zero-order valence-electron chi connectivity index (χ0n) is 16.2. The number of ether oxygens (including phenoxy) is 2. The van der Waals surface area contributed by atoms with Gasteiger partial charge in [-0.3, -0.25) is 10.1 Å². The molecule has 8 heteroatoms. The number of unbranched alkanes of at least 4 members (excludes halogenated alkanes) is 1. The quantitative estimate of drug-likeness (QED) is 0.708. The average molecular weight is 383 g/mol. The van der Waals surface area contributed by atoms with E-state index in [1.54, 1.807) is 13.3 Å². The van der Waals surface area contributed by atoms with Crippen molar-refractivity contribution in [2.75, 3.05) is 13.7 Å². The van der Waals surface area contributed by atoms with Crippen LogP contribution in [0.1, 0.15) is 31.7 Å². The number of rotatable bonds is 8. The Labute approximate surface area is 164 Å². The van der Waals surface area contributed by atoms with Crippen LogP contribution in [0.3, 0.4) is 0 Å². The number of benzene rings is 1. The minimum absolute atomic E-state index is 0.00221. The molecule has 2 aromatic rings. The van der Waals surface area contributed by atoms with E-state index in [-0.39, 0.29) is 11.9 Å². The molecule has 1 amide bonds. The first kappa shape index (κ1) is 18.3. The lowest BCUT2D eigenvalue weighted by molar-refractivity contribution is -0.121. The van der Waals surface area contributed by atoms with Gasteiger partial charge in [0, 0.05) is 24.5 Å². The average Bonchev–Trinajstić information content (AvgIpc) is 3.32. The summed E-state index contributed by atoms with van der Waals surface area (Å²) in [5.41, 5.74) is 1.77. The van der Waals surface area contributed by atoms with E-state index in [2.05, 4.69) is 19.9 Å². The number of aryl methyl sites for hydroxylation is 1. The number of hydrogen-bond donors (Lipinski definition) is 1. The minimum Gasteiger partial charge on any atom is -0.492 e. The number of aliphatic imine (C=N–C) groups is 1. The molecule has 1 N–H and O–H groups in total. The van der Waals surface area contributed by atoms with Crippen molar-refractivity contribution >= 4 is 17.6 Å². The fourth-order valence-corrected chi connectivity index (χ4v) is 3.71. The standard InChI is InChI=1S/C20H25N5O3/c1-3-16-19(26)23-20-22-15-6-7-17(18(27-2)14(15)12-25(16)20)28-11-5-4-9-24-10-8-21-13-24/h6-8,10,13,16H,3-5,9,11-12H2,1-2H3,(H,22,23,26). The highest BCUT2D eigenvalue weighted by Crippen LogP contribution is 2.41. The molecular formula is C20H25N5O3. The molecule has 3 heterocycles. The van der Waals surface area contributed by atoms with E-state index in [9.17, 15) is 4.79 Å². The summed E-state index contributed by atoms with van der Waals surface area (Å²) in [6.07, 6.45) is 8.25. The Bertz CT molecular complexity index is 878. The van der Waals surface area contributed by atoms with Gasteiger partial charge >= 0.3 is 0 Å². The topological polar surface area (TPSA) is 81.0 Å². The second-order valence-electron chi connectivity index (χ2n) is 6.93. The third-order valence-corrected chi connectivity index (χ3v) is 5.16. The van der Waals surface area contributed by atoms with Crippen LogP contribution in [0.4, 0.5) is 5.69 Å². The summed E-state index contributed by atoms with van der Waals surface area (Å²) < 4.78 is 13.7. The number of guanidine groups is 1. The maximum atomic E-state index is 12.1. The van der Waals surface area contributed by atoms with Crippen LogP contribution < -0.4 is 14.8 Å². The highest BCUT2D eigenvalue weighted by Gasteiger charge is 2.39. The molecule has 1 atom stereocenters. The van der Waals surface area contributed by atoms with Crippen LogP contribution in [0.15, 0.2) is 35.8 Å². The van der Waals surface area contributed by atoms with E-state index in [0.717, 1.165) is 37.1 Å². The minimum atomic E-state index is -0.190. The molecule has 4 rings (SSSR count). The Hall–Kier alpha value is -3.03. The van der Waals surface area contributed by atoms with Crippen LogP contribution in [-0.2, 0) is 17.9 Å². The van der Waals surface area contributed by atoms with Crippen LogP contribution in [-0.4, -0.2) is 46.1 Å². The summed E-state index contributed by atoms with van der Waals surface area (Å²) >= 11 is 0. The highest BCUT2D eigenvalue weighted by molar-refractivity contribution is 6.07. The molecule has 0 bridgehead atoms. The summed E-state index contributed by atoms with van der Waals surface area (Å²) in [6, 6.07) is 3.62. The van der Waals surface area contributed by atoms with Crippen molar-refractivity contribution in [3.63, 3.8) is 0 Å². The first-order valence-electron chi connectivity index (χ1n) is 9.66. The lowest BCUT2D eigenvalue weighted by Gasteiger charge is -2.28. The normalized spacial score (nSPS) is 17.6. The second kappa shape index (κ2) is 7.92. The fourth-order valence-electron chi connectivity index (χ4n) is 3.71. The van der Waals surface area contributed by atoms with Crippen LogP contribution in [0.2, 0.25) is 0 Å². The molecule has 1 unspecified atom stereocenters. The molecule has 1 fully saturated rings. The third kappa shape index (κ3) is 3.42. The van der Waals surface area contributed by atoms with Gasteiger partial charge in [-0.15, -0.1) is 0 Å². The van der Waals surface area contributed by atoms with Gasteiger partial charge in [0.15, 0.2) is 11.5 Å². The van der Waals surface area contributed by atoms with Crippen LogP contribution >= 0.6 is 0 Å². The zero-order chi connectivity index (χ0) is 19.5. The Balaban J connectivity index is 1.44. The van der Waals surface area contributed by atoms with Crippen LogP contribution in [0.25, 0.3) is 0 Å².